The zero-order valence-corrected chi connectivity index (χ0v) is 20.3. The first-order chi connectivity index (χ1) is 17.1. The molecule has 1 aliphatic rings. The molecular formula is C27H26N4O3S. The quantitative estimate of drug-likeness (QED) is 0.470. The highest BCUT2D eigenvalue weighted by Crippen LogP contribution is 2.37. The first-order valence-corrected chi connectivity index (χ1v) is 12.3. The smallest absolute Gasteiger partial charge is 0.249 e. The number of hydrogen-bond donors (Lipinski definition) is 1. The summed E-state index contributed by atoms with van der Waals surface area (Å²) in [7, 11) is 0. The van der Waals surface area contributed by atoms with E-state index in [0.29, 0.717) is 55.3 Å². The van der Waals surface area contributed by atoms with E-state index in [0.717, 1.165) is 21.7 Å². The summed E-state index contributed by atoms with van der Waals surface area (Å²) in [4.78, 5) is 32.4. The molecule has 1 aromatic carbocycles. The molecule has 0 fully saturated rings. The van der Waals surface area contributed by atoms with E-state index in [1.165, 1.54) is 17.4 Å². The number of aromatic nitrogens is 1. The predicted molar refractivity (Wildman–Crippen MR) is 136 cm³/mol. The maximum Gasteiger partial charge on any atom is 0.249 e. The second kappa shape index (κ2) is 11.4. The van der Waals surface area contributed by atoms with Crippen LogP contribution in [0.25, 0.3) is 6.08 Å². The number of benzene rings is 1. The van der Waals surface area contributed by atoms with Crippen molar-refractivity contribution < 1.29 is 14.3 Å². The molecule has 3 aromatic rings. The van der Waals surface area contributed by atoms with Gasteiger partial charge in [-0.15, -0.1) is 11.3 Å². The maximum absolute atomic E-state index is 12.8. The van der Waals surface area contributed by atoms with E-state index in [1.807, 2.05) is 54.3 Å². The Labute approximate surface area is 208 Å². The number of fused-ring (bicyclic) bond motifs is 1. The summed E-state index contributed by atoms with van der Waals surface area (Å²) in [6, 6.07) is 15.4. The third-order valence-corrected chi connectivity index (χ3v) is 6.84. The standard InChI is InChI=1S/C27H26N4O3S/c1-2-34-23-9-4-3-7-19(23)10-12-25(32)30-27-22(17-28)21-14-16-31(18-24(21)35-27)26(33)13-11-20-8-5-6-15-29-20/h3-10,12,15H,2,11,13-14,16,18H2,1H3,(H,30,32)/b12-10+. The minimum Gasteiger partial charge on any atom is -0.493 e. The van der Waals surface area contributed by atoms with Gasteiger partial charge in [-0.3, -0.25) is 14.6 Å². The Hall–Kier alpha value is -3.96. The van der Waals surface area contributed by atoms with Crippen molar-refractivity contribution in [2.45, 2.75) is 32.7 Å². The minimum absolute atomic E-state index is 0.0645. The van der Waals surface area contributed by atoms with Crippen molar-refractivity contribution in [3.05, 3.63) is 82.0 Å². The van der Waals surface area contributed by atoms with Crippen LogP contribution in [0.15, 0.2) is 54.7 Å². The van der Waals surface area contributed by atoms with Gasteiger partial charge in [0.15, 0.2) is 0 Å². The summed E-state index contributed by atoms with van der Waals surface area (Å²) < 4.78 is 5.59. The van der Waals surface area contributed by atoms with E-state index in [4.69, 9.17) is 4.74 Å². The average Bonchev–Trinajstić information content (AvgIpc) is 3.23. The molecule has 0 spiro atoms. The Bertz CT molecular complexity index is 1280. The van der Waals surface area contributed by atoms with Crippen molar-refractivity contribution in [2.24, 2.45) is 0 Å². The molecule has 1 aliphatic heterocycles. The molecule has 1 N–H and O–H groups in total. The van der Waals surface area contributed by atoms with Gasteiger partial charge in [-0.05, 0) is 49.6 Å². The number of nitrogens with zero attached hydrogens (tertiary/aromatic N) is 3. The van der Waals surface area contributed by atoms with Crippen molar-refractivity contribution in [3.63, 3.8) is 0 Å². The molecule has 2 amide bonds. The second-order valence-corrected chi connectivity index (χ2v) is 9.10. The third kappa shape index (κ3) is 5.94. The molecule has 0 radical (unpaired) electrons. The van der Waals surface area contributed by atoms with Gasteiger partial charge in [-0.25, -0.2) is 0 Å². The highest BCUT2D eigenvalue weighted by Gasteiger charge is 2.27. The van der Waals surface area contributed by atoms with Crippen LogP contribution in [0.5, 0.6) is 5.75 Å². The summed E-state index contributed by atoms with van der Waals surface area (Å²) in [6.45, 7) is 3.44. The van der Waals surface area contributed by atoms with E-state index in [1.54, 1.807) is 12.3 Å². The second-order valence-electron chi connectivity index (χ2n) is 8.00. The van der Waals surface area contributed by atoms with Crippen molar-refractivity contribution in [3.8, 4) is 11.8 Å². The fourth-order valence-electron chi connectivity index (χ4n) is 3.99. The summed E-state index contributed by atoms with van der Waals surface area (Å²) in [5.74, 6) is 0.445. The topological polar surface area (TPSA) is 95.3 Å². The molecule has 2 aromatic heterocycles. The number of thiophene rings is 1. The van der Waals surface area contributed by atoms with E-state index in [9.17, 15) is 14.9 Å². The highest BCUT2D eigenvalue weighted by atomic mass is 32.1. The van der Waals surface area contributed by atoms with Gasteiger partial charge in [0.25, 0.3) is 0 Å². The van der Waals surface area contributed by atoms with Crippen LogP contribution in [0, 0.1) is 11.3 Å². The molecule has 3 heterocycles. The van der Waals surface area contributed by atoms with Gasteiger partial charge in [-0.1, -0.05) is 24.3 Å². The van der Waals surface area contributed by atoms with Crippen molar-refractivity contribution in [2.75, 3.05) is 18.5 Å². The fraction of sp³-hybridized carbons (Fsp3) is 0.259. The zero-order valence-electron chi connectivity index (χ0n) is 19.5. The Morgan fingerprint density at radius 2 is 2.09 bits per heavy atom. The molecule has 0 unspecified atom stereocenters. The molecule has 35 heavy (non-hydrogen) atoms. The first kappa shape index (κ1) is 24.2. The predicted octanol–water partition coefficient (Wildman–Crippen LogP) is 4.58. The van der Waals surface area contributed by atoms with Gasteiger partial charge in [0.1, 0.15) is 16.8 Å². The lowest BCUT2D eigenvalue weighted by molar-refractivity contribution is -0.132. The molecule has 0 saturated carbocycles. The number of nitriles is 1. The number of hydrogen-bond acceptors (Lipinski definition) is 6. The lowest BCUT2D eigenvalue weighted by Gasteiger charge is -2.27. The van der Waals surface area contributed by atoms with E-state index in [-0.39, 0.29) is 11.8 Å². The molecule has 0 aliphatic carbocycles. The first-order valence-electron chi connectivity index (χ1n) is 11.5. The number of nitrogens with one attached hydrogen (secondary N) is 1. The van der Waals surface area contributed by atoms with Crippen molar-refractivity contribution in [1.29, 1.82) is 5.26 Å². The van der Waals surface area contributed by atoms with Crippen LogP contribution in [0.4, 0.5) is 5.00 Å². The van der Waals surface area contributed by atoms with Gasteiger partial charge < -0.3 is 15.0 Å². The van der Waals surface area contributed by atoms with Crippen molar-refractivity contribution in [1.82, 2.24) is 9.88 Å². The Morgan fingerprint density at radius 1 is 1.26 bits per heavy atom. The summed E-state index contributed by atoms with van der Waals surface area (Å²) >= 11 is 1.36. The molecule has 178 valence electrons. The summed E-state index contributed by atoms with van der Waals surface area (Å²) in [6.07, 6.45) is 6.44. The Kier molecular flexibility index (Phi) is 7.91. The normalized spacial score (nSPS) is 12.7. The fourth-order valence-corrected chi connectivity index (χ4v) is 5.20. The third-order valence-electron chi connectivity index (χ3n) is 5.71. The van der Waals surface area contributed by atoms with Gasteiger partial charge >= 0.3 is 0 Å². The minimum atomic E-state index is -0.324. The molecular weight excluding hydrogens is 460 g/mol. The lowest BCUT2D eigenvalue weighted by Crippen LogP contribution is -2.35. The number of anilines is 1. The summed E-state index contributed by atoms with van der Waals surface area (Å²) in [5.41, 5.74) is 3.10. The van der Waals surface area contributed by atoms with E-state index >= 15 is 0 Å². The van der Waals surface area contributed by atoms with Gasteiger partial charge in [0.05, 0.1) is 18.7 Å². The summed E-state index contributed by atoms with van der Waals surface area (Å²) in [5, 5.41) is 13.1. The van der Waals surface area contributed by atoms with Crippen LogP contribution < -0.4 is 10.1 Å². The Morgan fingerprint density at radius 3 is 2.86 bits per heavy atom. The number of rotatable bonds is 8. The SMILES string of the molecule is CCOc1ccccc1/C=C/C(=O)Nc1sc2c(c1C#N)CCN(C(=O)CCc1ccccn1)C2. The maximum atomic E-state index is 12.8. The van der Waals surface area contributed by atoms with Crippen LogP contribution in [0.3, 0.4) is 0 Å². The zero-order chi connectivity index (χ0) is 24.6. The highest BCUT2D eigenvalue weighted by molar-refractivity contribution is 7.16. The van der Waals surface area contributed by atoms with Crippen LogP contribution in [-0.2, 0) is 29.0 Å². The van der Waals surface area contributed by atoms with Crippen LogP contribution in [-0.4, -0.2) is 34.8 Å². The molecule has 0 saturated heterocycles. The largest absolute Gasteiger partial charge is 0.493 e. The number of pyridine rings is 1. The molecule has 0 bridgehead atoms. The number of carbonyl (C=O) groups is 2. The van der Waals surface area contributed by atoms with Crippen LogP contribution in [0.1, 0.15) is 40.6 Å². The molecule has 8 heteroatoms. The van der Waals surface area contributed by atoms with Crippen LogP contribution >= 0.6 is 11.3 Å². The number of para-hydroxylation sites is 1. The van der Waals surface area contributed by atoms with E-state index in [2.05, 4.69) is 16.4 Å². The van der Waals surface area contributed by atoms with Gasteiger partial charge in [0, 0.05) is 41.4 Å². The Balaban J connectivity index is 1.41. The molecule has 0 atom stereocenters. The number of carbonyl (C=O) groups excluding carboxylic acids is 2. The monoisotopic (exact) mass is 486 g/mol. The number of amides is 2. The van der Waals surface area contributed by atoms with Crippen LogP contribution in [0.2, 0.25) is 0 Å². The van der Waals surface area contributed by atoms with Crippen molar-refractivity contribution >= 4 is 34.2 Å². The lowest BCUT2D eigenvalue weighted by atomic mass is 10.0. The van der Waals surface area contributed by atoms with E-state index < -0.39 is 0 Å². The van der Waals surface area contributed by atoms with Gasteiger partial charge in [-0.2, -0.15) is 5.26 Å². The molecule has 7 nitrogen and oxygen atoms in total. The number of aryl methyl sites for hydroxylation is 1. The number of ether oxygens (including phenoxy) is 1. The average molecular weight is 487 g/mol. The van der Waals surface area contributed by atoms with Gasteiger partial charge in [0.2, 0.25) is 11.8 Å². The molecule has 4 rings (SSSR count).